The number of rotatable bonds is 3. The number of nitrogens with zero attached hydrogens (tertiary/aromatic N) is 2. The number of benzene rings is 5. The number of pyridine rings is 1. The van der Waals surface area contributed by atoms with E-state index in [1.54, 1.807) is 0 Å². The molecule has 9 rings (SSSR count). The van der Waals surface area contributed by atoms with Crippen LogP contribution in [-0.4, -0.2) is 15.8 Å². The molecule has 4 nitrogen and oxygen atoms in total. The first-order valence-corrected chi connectivity index (χ1v) is 14.3. The molecule has 4 heteroatoms. The van der Waals surface area contributed by atoms with Crippen molar-refractivity contribution in [2.24, 2.45) is 0 Å². The first kappa shape index (κ1) is 25.0. The Balaban J connectivity index is 0.000000177. The number of allylic oxidation sites excluding steroid dienone is 3. The van der Waals surface area contributed by atoms with E-state index in [4.69, 9.17) is 14.8 Å². The van der Waals surface area contributed by atoms with Gasteiger partial charge in [0.15, 0.2) is 0 Å². The summed E-state index contributed by atoms with van der Waals surface area (Å²) in [5.74, 6) is 0.870. The van der Waals surface area contributed by atoms with Gasteiger partial charge in [-0.1, -0.05) is 97.1 Å². The van der Waals surface area contributed by atoms with E-state index in [9.17, 15) is 0 Å². The van der Waals surface area contributed by atoms with Gasteiger partial charge in [0.25, 0.3) is 0 Å². The van der Waals surface area contributed by atoms with Crippen LogP contribution >= 0.6 is 0 Å². The minimum atomic E-state index is 0.828. The van der Waals surface area contributed by atoms with E-state index in [1.165, 1.54) is 33.3 Å². The molecule has 0 spiro atoms. The van der Waals surface area contributed by atoms with Gasteiger partial charge in [0.2, 0.25) is 0 Å². The highest BCUT2D eigenvalue weighted by Gasteiger charge is 2.24. The Hall–Kier alpha value is -5.74. The van der Waals surface area contributed by atoms with Gasteiger partial charge < -0.3 is 9.83 Å². The van der Waals surface area contributed by atoms with Gasteiger partial charge in [-0.05, 0) is 59.8 Å². The van der Waals surface area contributed by atoms with Crippen molar-refractivity contribution >= 4 is 71.9 Å². The van der Waals surface area contributed by atoms with Crippen LogP contribution in [0.4, 0.5) is 0 Å². The van der Waals surface area contributed by atoms with Crippen molar-refractivity contribution in [3.8, 4) is 5.82 Å². The van der Waals surface area contributed by atoms with Gasteiger partial charge in [-0.15, -0.1) is 0 Å². The van der Waals surface area contributed by atoms with Gasteiger partial charge >= 0.3 is 0 Å². The van der Waals surface area contributed by atoms with Gasteiger partial charge in [-0.3, -0.25) is 4.57 Å². The summed E-state index contributed by atoms with van der Waals surface area (Å²) >= 11 is 0. The number of hydrogen-bond acceptors (Lipinski definition) is 3. The summed E-state index contributed by atoms with van der Waals surface area (Å²) in [5.41, 5.74) is 9.21. The first-order valence-electron chi connectivity index (χ1n) is 14.3. The fraction of sp³-hybridized carbons (Fsp3) is 0.0256. The topological polar surface area (TPSA) is 54.8 Å². The van der Waals surface area contributed by atoms with Crippen LogP contribution in [0.3, 0.4) is 0 Å². The van der Waals surface area contributed by atoms with E-state index in [1.807, 2.05) is 42.5 Å². The number of furan rings is 1. The van der Waals surface area contributed by atoms with Crippen LogP contribution in [0.2, 0.25) is 0 Å². The van der Waals surface area contributed by atoms with Gasteiger partial charge in [0.05, 0.1) is 16.7 Å². The molecule has 0 aliphatic heterocycles. The molecule has 1 N–H and O–H groups in total. The molecule has 204 valence electrons. The predicted molar refractivity (Wildman–Crippen MR) is 180 cm³/mol. The maximum Gasteiger partial charge on any atom is 0.138 e. The third-order valence-corrected chi connectivity index (χ3v) is 8.37. The molecule has 0 radical (unpaired) electrons. The lowest BCUT2D eigenvalue weighted by Crippen LogP contribution is -2.00. The van der Waals surface area contributed by atoms with E-state index in [0.717, 1.165) is 61.2 Å². The third kappa shape index (κ3) is 3.77. The maximum atomic E-state index is 8.03. The van der Waals surface area contributed by atoms with Crippen LogP contribution in [-0.2, 0) is 0 Å². The van der Waals surface area contributed by atoms with Crippen LogP contribution in [0.25, 0.3) is 71.5 Å². The molecular weight excluding hydrogens is 526 g/mol. The highest BCUT2D eigenvalue weighted by atomic mass is 16.3. The fourth-order valence-electron chi connectivity index (χ4n) is 6.48. The molecule has 0 atom stereocenters. The Labute approximate surface area is 248 Å². The van der Waals surface area contributed by atoms with Crippen LogP contribution < -0.4 is 0 Å². The number of nitrogens with one attached hydrogen (secondary N) is 1. The Kier molecular flexibility index (Phi) is 5.63. The standard InChI is InChI=1S/C27H19N3.C12H8O/c1-3-18-20-9-6-7-17-14-25(29-27(26(17)20)22(18)15-28)30-23-10-5-4-8-19(23)21-13-16(2)11-12-24(21)30;1-3-7-11-9(5-1)10-6-2-4-8-12(10)13-11/h3-15,28H,1H2,2H3;1-8H. The van der Waals surface area contributed by atoms with Crippen molar-refractivity contribution in [2.75, 3.05) is 0 Å². The highest BCUT2D eigenvalue weighted by molar-refractivity contribution is 6.29. The molecule has 0 amide bonds. The van der Waals surface area contributed by atoms with Gasteiger partial charge in [-0.2, -0.15) is 0 Å². The van der Waals surface area contributed by atoms with Crippen molar-refractivity contribution in [1.29, 1.82) is 5.41 Å². The normalized spacial score (nSPS) is 12.4. The van der Waals surface area contributed by atoms with Gasteiger partial charge in [0.1, 0.15) is 17.0 Å². The highest BCUT2D eigenvalue weighted by Crippen LogP contribution is 2.42. The average Bonchev–Trinajstić information content (AvgIpc) is 3.69. The van der Waals surface area contributed by atoms with Crippen molar-refractivity contribution in [3.63, 3.8) is 0 Å². The van der Waals surface area contributed by atoms with Gasteiger partial charge in [-0.25, -0.2) is 4.98 Å². The molecule has 1 aliphatic carbocycles. The first-order chi connectivity index (χ1) is 21.2. The molecular formula is C39H27N3O. The van der Waals surface area contributed by atoms with Crippen molar-refractivity contribution in [2.45, 2.75) is 6.92 Å². The molecule has 3 aromatic heterocycles. The van der Waals surface area contributed by atoms with E-state index in [2.05, 4.69) is 96.9 Å². The molecule has 8 aromatic rings. The summed E-state index contributed by atoms with van der Waals surface area (Å²) in [6, 6.07) is 39.7. The Morgan fingerprint density at radius 3 is 2.09 bits per heavy atom. The zero-order valence-corrected chi connectivity index (χ0v) is 23.6. The van der Waals surface area contributed by atoms with Crippen LogP contribution in [0, 0.1) is 12.3 Å². The number of fused-ring (bicyclic) bond motifs is 6. The molecule has 43 heavy (non-hydrogen) atoms. The lowest BCUT2D eigenvalue weighted by Gasteiger charge is -2.11. The maximum absolute atomic E-state index is 8.03. The zero-order chi connectivity index (χ0) is 29.1. The Morgan fingerprint density at radius 2 is 1.37 bits per heavy atom. The Bertz CT molecular complexity index is 2400. The minimum absolute atomic E-state index is 0.828. The average molecular weight is 554 g/mol. The van der Waals surface area contributed by atoms with E-state index >= 15 is 0 Å². The van der Waals surface area contributed by atoms with Crippen molar-refractivity contribution < 1.29 is 4.42 Å². The fourth-order valence-corrected chi connectivity index (χ4v) is 6.48. The monoisotopic (exact) mass is 553 g/mol. The van der Waals surface area contributed by atoms with E-state index in [0.29, 0.717) is 0 Å². The summed E-state index contributed by atoms with van der Waals surface area (Å²) < 4.78 is 7.89. The number of hydrogen-bond donors (Lipinski definition) is 1. The Morgan fingerprint density at radius 1 is 0.698 bits per heavy atom. The second-order valence-electron chi connectivity index (χ2n) is 10.9. The molecule has 0 bridgehead atoms. The molecule has 1 aliphatic rings. The van der Waals surface area contributed by atoms with Crippen LogP contribution in [0.15, 0.2) is 132 Å². The van der Waals surface area contributed by atoms with Crippen LogP contribution in [0.1, 0.15) is 16.8 Å². The van der Waals surface area contributed by atoms with E-state index in [-0.39, 0.29) is 0 Å². The minimum Gasteiger partial charge on any atom is -0.456 e. The number of aryl methyl sites for hydroxylation is 1. The second kappa shape index (κ2) is 9.68. The lowest BCUT2D eigenvalue weighted by atomic mass is 10.0. The predicted octanol–water partition coefficient (Wildman–Crippen LogP) is 10.3. The van der Waals surface area contributed by atoms with Gasteiger partial charge in [0, 0.05) is 38.7 Å². The van der Waals surface area contributed by atoms with Crippen LogP contribution in [0.5, 0.6) is 0 Å². The van der Waals surface area contributed by atoms with Crippen molar-refractivity contribution in [1.82, 2.24) is 9.55 Å². The smallest absolute Gasteiger partial charge is 0.138 e. The third-order valence-electron chi connectivity index (χ3n) is 8.37. The van der Waals surface area contributed by atoms with Crippen molar-refractivity contribution in [3.05, 3.63) is 145 Å². The molecule has 0 fully saturated rings. The van der Waals surface area contributed by atoms with E-state index < -0.39 is 0 Å². The number of para-hydroxylation sites is 3. The summed E-state index contributed by atoms with van der Waals surface area (Å²) in [4.78, 5) is 5.09. The summed E-state index contributed by atoms with van der Waals surface area (Å²) in [6.45, 7) is 6.10. The molecule has 3 heterocycles. The molecule has 5 aromatic carbocycles. The molecule has 0 saturated carbocycles. The summed E-state index contributed by atoms with van der Waals surface area (Å²) in [7, 11) is 0. The zero-order valence-electron chi connectivity index (χ0n) is 23.6. The summed E-state index contributed by atoms with van der Waals surface area (Å²) in [5, 5.41) is 15.1. The largest absolute Gasteiger partial charge is 0.456 e. The second-order valence-corrected chi connectivity index (χ2v) is 10.9. The molecule has 0 unspecified atom stereocenters. The lowest BCUT2D eigenvalue weighted by molar-refractivity contribution is 0.669. The summed E-state index contributed by atoms with van der Waals surface area (Å²) in [6.07, 6.45) is 3.23. The SMILES string of the molecule is C=CC1=C(C=N)c2nc(-n3c4ccccc4c4cc(C)ccc43)cc3cccc1c23.c1ccc2c(c1)oc1ccccc12. The quantitative estimate of drug-likeness (QED) is 0.221. The number of aromatic nitrogens is 2. The molecule has 0 saturated heterocycles.